The van der Waals surface area contributed by atoms with Gasteiger partial charge in [-0.05, 0) is 34.1 Å². The number of benzene rings is 1. The second-order valence-electron chi connectivity index (χ2n) is 3.66. The maximum atomic E-state index is 11.7. The third-order valence-corrected chi connectivity index (χ3v) is 3.14. The zero-order valence-electron chi connectivity index (χ0n) is 9.18. The van der Waals surface area contributed by atoms with Gasteiger partial charge in [0.15, 0.2) is 0 Å². The molecule has 18 heavy (non-hydrogen) atoms. The summed E-state index contributed by atoms with van der Waals surface area (Å²) >= 11 is 3.28. The topological polar surface area (TPSA) is 59.3 Å². The van der Waals surface area contributed by atoms with Gasteiger partial charge in [-0.25, -0.2) is 4.79 Å². The SMILES string of the molecule is C#CCn1c(=O)ccc2cc(C(=O)O)cc(Br)c21. The van der Waals surface area contributed by atoms with Crippen LogP contribution in [0.5, 0.6) is 0 Å². The molecule has 0 saturated carbocycles. The Labute approximate surface area is 111 Å². The van der Waals surface area contributed by atoms with Crippen molar-refractivity contribution in [3.05, 3.63) is 44.7 Å². The minimum atomic E-state index is -1.02. The summed E-state index contributed by atoms with van der Waals surface area (Å²) < 4.78 is 1.95. The molecule has 4 nitrogen and oxygen atoms in total. The minimum absolute atomic E-state index is 0.140. The van der Waals surface area contributed by atoms with E-state index in [0.717, 1.165) is 0 Å². The molecule has 1 aromatic carbocycles. The van der Waals surface area contributed by atoms with Crippen LogP contribution in [0.25, 0.3) is 10.9 Å². The highest BCUT2D eigenvalue weighted by Gasteiger charge is 2.11. The predicted octanol–water partition coefficient (Wildman–Crippen LogP) is 2.10. The number of carbonyl (C=O) groups is 1. The maximum Gasteiger partial charge on any atom is 0.335 e. The van der Waals surface area contributed by atoms with Crippen LogP contribution in [0.2, 0.25) is 0 Å². The number of terminal acetylenes is 1. The van der Waals surface area contributed by atoms with Crippen LogP contribution in [0.15, 0.2) is 33.5 Å². The van der Waals surface area contributed by atoms with Gasteiger partial charge >= 0.3 is 5.97 Å². The van der Waals surface area contributed by atoms with E-state index in [9.17, 15) is 9.59 Å². The molecule has 1 aromatic heterocycles. The lowest BCUT2D eigenvalue weighted by atomic mass is 10.1. The lowest BCUT2D eigenvalue weighted by Gasteiger charge is -2.09. The molecular weight excluding hydrogens is 298 g/mol. The van der Waals surface area contributed by atoms with E-state index in [-0.39, 0.29) is 17.7 Å². The van der Waals surface area contributed by atoms with Crippen LogP contribution in [0.1, 0.15) is 10.4 Å². The average Bonchev–Trinajstić information content (AvgIpc) is 2.32. The standard InChI is InChI=1S/C13H8BrNO3/c1-2-5-15-11(16)4-3-8-6-9(13(17)18)7-10(14)12(8)15/h1,3-4,6-7H,5H2,(H,17,18). The minimum Gasteiger partial charge on any atom is -0.478 e. The average molecular weight is 306 g/mol. The molecule has 1 N–H and O–H groups in total. The Morgan fingerprint density at radius 1 is 1.44 bits per heavy atom. The van der Waals surface area contributed by atoms with Crippen LogP contribution >= 0.6 is 15.9 Å². The van der Waals surface area contributed by atoms with E-state index in [4.69, 9.17) is 11.5 Å². The molecular formula is C13H8BrNO3. The summed E-state index contributed by atoms with van der Waals surface area (Å²) in [5, 5.41) is 9.62. The summed E-state index contributed by atoms with van der Waals surface area (Å²) in [6.07, 6.45) is 5.23. The zero-order valence-corrected chi connectivity index (χ0v) is 10.8. The first-order valence-corrected chi connectivity index (χ1v) is 5.83. The van der Waals surface area contributed by atoms with Gasteiger partial charge in [0.05, 0.1) is 17.6 Å². The normalized spacial score (nSPS) is 10.2. The van der Waals surface area contributed by atoms with Gasteiger partial charge in [-0.15, -0.1) is 6.42 Å². The molecule has 2 aromatic rings. The highest BCUT2D eigenvalue weighted by atomic mass is 79.9. The fourth-order valence-electron chi connectivity index (χ4n) is 1.77. The molecule has 0 fully saturated rings. The first-order valence-electron chi connectivity index (χ1n) is 5.04. The number of pyridine rings is 1. The second-order valence-corrected chi connectivity index (χ2v) is 4.52. The maximum absolute atomic E-state index is 11.7. The molecule has 0 unspecified atom stereocenters. The molecule has 5 heteroatoms. The van der Waals surface area contributed by atoms with Crippen molar-refractivity contribution >= 4 is 32.8 Å². The third kappa shape index (κ3) is 2.03. The van der Waals surface area contributed by atoms with Gasteiger partial charge in [0.2, 0.25) is 0 Å². The van der Waals surface area contributed by atoms with Crippen LogP contribution in [-0.2, 0) is 6.54 Å². The van der Waals surface area contributed by atoms with Gasteiger partial charge < -0.3 is 5.11 Å². The number of hydrogen-bond acceptors (Lipinski definition) is 2. The van der Waals surface area contributed by atoms with Crippen molar-refractivity contribution in [3.63, 3.8) is 0 Å². The molecule has 0 atom stereocenters. The quantitative estimate of drug-likeness (QED) is 0.864. The Balaban J connectivity index is 2.88. The van der Waals surface area contributed by atoms with Crippen molar-refractivity contribution in [2.75, 3.05) is 0 Å². The summed E-state index contributed by atoms with van der Waals surface area (Å²) in [4.78, 5) is 22.7. The Bertz CT molecular complexity index is 740. The van der Waals surface area contributed by atoms with Gasteiger partial charge in [0.25, 0.3) is 5.56 Å². The number of halogens is 1. The molecule has 0 saturated heterocycles. The van der Waals surface area contributed by atoms with E-state index in [1.54, 1.807) is 6.07 Å². The highest BCUT2D eigenvalue weighted by molar-refractivity contribution is 9.10. The summed E-state index contributed by atoms with van der Waals surface area (Å²) in [5.74, 6) is 1.39. The lowest BCUT2D eigenvalue weighted by molar-refractivity contribution is 0.0697. The Hall–Kier alpha value is -2.06. The van der Waals surface area contributed by atoms with E-state index >= 15 is 0 Å². The molecule has 0 amide bonds. The number of aromatic carboxylic acids is 1. The van der Waals surface area contributed by atoms with Crippen LogP contribution in [0.4, 0.5) is 0 Å². The monoisotopic (exact) mass is 305 g/mol. The number of fused-ring (bicyclic) bond motifs is 1. The van der Waals surface area contributed by atoms with Crippen LogP contribution in [-0.4, -0.2) is 15.6 Å². The molecule has 0 radical (unpaired) electrons. The molecule has 0 spiro atoms. The molecule has 90 valence electrons. The first kappa shape index (κ1) is 12.4. The fourth-order valence-corrected chi connectivity index (χ4v) is 2.45. The van der Waals surface area contributed by atoms with Gasteiger partial charge in [-0.1, -0.05) is 5.92 Å². The number of rotatable bonds is 2. The lowest BCUT2D eigenvalue weighted by Crippen LogP contribution is -2.19. The number of nitrogens with zero attached hydrogens (tertiary/aromatic N) is 1. The Morgan fingerprint density at radius 2 is 2.17 bits per heavy atom. The van der Waals surface area contributed by atoms with Crippen LogP contribution in [0, 0.1) is 12.3 Å². The molecule has 0 aliphatic rings. The van der Waals surface area contributed by atoms with Gasteiger partial charge in [-0.2, -0.15) is 0 Å². The van der Waals surface area contributed by atoms with E-state index in [1.807, 2.05) is 0 Å². The fraction of sp³-hybridized carbons (Fsp3) is 0.0769. The molecule has 0 aliphatic heterocycles. The third-order valence-electron chi connectivity index (χ3n) is 2.53. The van der Waals surface area contributed by atoms with E-state index < -0.39 is 5.97 Å². The van der Waals surface area contributed by atoms with Crippen molar-refractivity contribution < 1.29 is 9.90 Å². The van der Waals surface area contributed by atoms with Crippen molar-refractivity contribution in [2.24, 2.45) is 0 Å². The predicted molar refractivity (Wildman–Crippen MR) is 71.7 cm³/mol. The first-order chi connectivity index (χ1) is 8.54. The summed E-state index contributed by atoms with van der Waals surface area (Å²) in [5.41, 5.74) is 0.537. The number of hydrogen-bond donors (Lipinski definition) is 1. The second kappa shape index (κ2) is 4.67. The van der Waals surface area contributed by atoms with E-state index in [1.165, 1.54) is 22.8 Å². The van der Waals surface area contributed by atoms with E-state index in [2.05, 4.69) is 21.9 Å². The van der Waals surface area contributed by atoms with Crippen molar-refractivity contribution in [1.29, 1.82) is 0 Å². The number of carboxylic acid groups (broad SMARTS) is 1. The molecule has 0 bridgehead atoms. The van der Waals surface area contributed by atoms with Crippen molar-refractivity contribution in [2.45, 2.75) is 6.54 Å². The highest BCUT2D eigenvalue weighted by Crippen LogP contribution is 2.24. The van der Waals surface area contributed by atoms with Crippen molar-refractivity contribution in [3.8, 4) is 12.3 Å². The smallest absolute Gasteiger partial charge is 0.335 e. The van der Waals surface area contributed by atoms with Gasteiger partial charge in [-0.3, -0.25) is 9.36 Å². The summed E-state index contributed by atoms with van der Waals surface area (Å²) in [6.45, 7) is 0.140. The molecule has 0 aliphatic carbocycles. The molecule has 2 rings (SSSR count). The van der Waals surface area contributed by atoms with Gasteiger partial charge in [0.1, 0.15) is 0 Å². The van der Waals surface area contributed by atoms with Crippen LogP contribution in [0.3, 0.4) is 0 Å². The van der Waals surface area contributed by atoms with E-state index in [0.29, 0.717) is 15.4 Å². The van der Waals surface area contributed by atoms with Gasteiger partial charge in [0, 0.05) is 15.9 Å². The largest absolute Gasteiger partial charge is 0.478 e. The number of carboxylic acids is 1. The Kier molecular flexibility index (Phi) is 3.21. The number of aromatic nitrogens is 1. The molecule has 1 heterocycles. The van der Waals surface area contributed by atoms with Crippen molar-refractivity contribution in [1.82, 2.24) is 4.57 Å². The summed E-state index contributed by atoms with van der Waals surface area (Å²) in [6, 6.07) is 5.92. The van der Waals surface area contributed by atoms with Crippen LogP contribution < -0.4 is 5.56 Å². The zero-order chi connectivity index (χ0) is 13.3. The summed E-state index contributed by atoms with van der Waals surface area (Å²) in [7, 11) is 0. The Morgan fingerprint density at radius 3 is 2.78 bits per heavy atom.